The minimum Gasteiger partial charge on any atom is -0.497 e. The van der Waals surface area contributed by atoms with Crippen LogP contribution < -0.4 is 4.74 Å². The maximum absolute atomic E-state index is 11.5. The highest BCUT2D eigenvalue weighted by Crippen LogP contribution is 2.20. The van der Waals surface area contributed by atoms with Crippen LogP contribution in [0.25, 0.3) is 0 Å². The standard InChI is InChI=1S/C14H21NO2S/c1-4-15(5-2)9-8-11-10-12(17-3)6-7-13(11)14(16)18/h6-7,10H,4-5,8-9H2,1-3H3,(H,16,18). The van der Waals surface area contributed by atoms with Gasteiger partial charge in [-0.1, -0.05) is 13.8 Å². The van der Waals surface area contributed by atoms with E-state index < -0.39 is 0 Å². The van der Waals surface area contributed by atoms with E-state index in [4.69, 9.17) is 4.74 Å². The number of thiol groups is 1. The van der Waals surface area contributed by atoms with Gasteiger partial charge >= 0.3 is 0 Å². The first-order valence-corrected chi connectivity index (χ1v) is 6.69. The topological polar surface area (TPSA) is 29.5 Å². The van der Waals surface area contributed by atoms with Crippen molar-refractivity contribution in [2.24, 2.45) is 0 Å². The van der Waals surface area contributed by atoms with Crippen molar-refractivity contribution >= 4 is 17.7 Å². The number of hydrogen-bond acceptors (Lipinski definition) is 3. The van der Waals surface area contributed by atoms with E-state index in [-0.39, 0.29) is 5.12 Å². The summed E-state index contributed by atoms with van der Waals surface area (Å²) in [6.45, 7) is 7.25. The van der Waals surface area contributed by atoms with E-state index in [1.54, 1.807) is 19.2 Å². The predicted molar refractivity (Wildman–Crippen MR) is 77.8 cm³/mol. The quantitative estimate of drug-likeness (QED) is 0.770. The normalized spacial score (nSPS) is 10.7. The van der Waals surface area contributed by atoms with Gasteiger partial charge in [-0.25, -0.2) is 0 Å². The van der Waals surface area contributed by atoms with Crippen molar-refractivity contribution in [1.82, 2.24) is 4.90 Å². The largest absolute Gasteiger partial charge is 0.497 e. The Morgan fingerprint density at radius 3 is 2.50 bits per heavy atom. The van der Waals surface area contributed by atoms with Crippen LogP contribution in [0.1, 0.15) is 29.8 Å². The first kappa shape index (κ1) is 15.1. The molecule has 0 bridgehead atoms. The van der Waals surface area contributed by atoms with E-state index in [1.165, 1.54) is 0 Å². The van der Waals surface area contributed by atoms with Crippen LogP contribution in [-0.4, -0.2) is 36.8 Å². The number of carbonyl (C=O) groups excluding carboxylic acids is 1. The van der Waals surface area contributed by atoms with E-state index >= 15 is 0 Å². The highest BCUT2D eigenvalue weighted by Gasteiger charge is 2.10. The molecule has 0 aliphatic rings. The summed E-state index contributed by atoms with van der Waals surface area (Å²) in [6, 6.07) is 5.50. The number of hydrogen-bond donors (Lipinski definition) is 1. The summed E-state index contributed by atoms with van der Waals surface area (Å²) in [7, 11) is 1.63. The number of methoxy groups -OCH3 is 1. The van der Waals surface area contributed by atoms with Gasteiger partial charge in [0.2, 0.25) is 5.12 Å². The van der Waals surface area contributed by atoms with E-state index in [2.05, 4.69) is 31.4 Å². The monoisotopic (exact) mass is 267 g/mol. The number of rotatable bonds is 7. The molecule has 1 aromatic rings. The van der Waals surface area contributed by atoms with Gasteiger partial charge in [0.25, 0.3) is 0 Å². The second kappa shape index (κ2) is 7.44. The Balaban J connectivity index is 2.87. The fourth-order valence-corrected chi connectivity index (χ4v) is 2.15. The van der Waals surface area contributed by atoms with Crippen LogP contribution in [0.4, 0.5) is 0 Å². The molecule has 0 unspecified atom stereocenters. The lowest BCUT2D eigenvalue weighted by atomic mass is 10.0. The molecule has 0 radical (unpaired) electrons. The molecule has 0 saturated heterocycles. The summed E-state index contributed by atoms with van der Waals surface area (Å²) < 4.78 is 5.20. The van der Waals surface area contributed by atoms with Gasteiger partial charge in [0.05, 0.1) is 7.11 Å². The first-order chi connectivity index (χ1) is 8.62. The van der Waals surface area contributed by atoms with Gasteiger partial charge < -0.3 is 9.64 Å². The summed E-state index contributed by atoms with van der Waals surface area (Å²) >= 11 is 3.92. The zero-order valence-electron chi connectivity index (χ0n) is 11.3. The number of ether oxygens (including phenoxy) is 1. The predicted octanol–water partition coefficient (Wildman–Crippen LogP) is 2.65. The van der Waals surface area contributed by atoms with Gasteiger partial charge in [-0.05, 0) is 43.3 Å². The van der Waals surface area contributed by atoms with Crippen LogP contribution in [0.2, 0.25) is 0 Å². The third-order valence-electron chi connectivity index (χ3n) is 3.13. The molecule has 0 atom stereocenters. The molecular formula is C14H21NO2S. The Morgan fingerprint density at radius 1 is 1.33 bits per heavy atom. The van der Waals surface area contributed by atoms with Crippen LogP contribution in [0.15, 0.2) is 18.2 Å². The Bertz CT molecular complexity index is 403. The van der Waals surface area contributed by atoms with Crippen LogP contribution in [-0.2, 0) is 6.42 Å². The van der Waals surface area contributed by atoms with Crippen molar-refractivity contribution in [3.8, 4) is 5.75 Å². The molecule has 0 saturated carbocycles. The maximum Gasteiger partial charge on any atom is 0.216 e. The number of benzene rings is 1. The van der Waals surface area contributed by atoms with Gasteiger partial charge in [-0.3, -0.25) is 4.79 Å². The molecule has 0 aliphatic heterocycles. The molecule has 4 heteroatoms. The molecule has 0 fully saturated rings. The van der Waals surface area contributed by atoms with E-state index in [0.29, 0.717) is 5.56 Å². The minimum atomic E-state index is -0.188. The highest BCUT2D eigenvalue weighted by molar-refractivity contribution is 7.97. The highest BCUT2D eigenvalue weighted by atomic mass is 32.1. The fraction of sp³-hybridized carbons (Fsp3) is 0.500. The van der Waals surface area contributed by atoms with Gasteiger partial charge in [0.1, 0.15) is 5.75 Å². The summed E-state index contributed by atoms with van der Waals surface area (Å²) in [4.78, 5) is 13.8. The number of carbonyl (C=O) groups is 1. The molecule has 3 nitrogen and oxygen atoms in total. The lowest BCUT2D eigenvalue weighted by Crippen LogP contribution is -2.25. The van der Waals surface area contributed by atoms with Crippen molar-refractivity contribution < 1.29 is 9.53 Å². The molecular weight excluding hydrogens is 246 g/mol. The van der Waals surface area contributed by atoms with Crippen molar-refractivity contribution in [2.45, 2.75) is 20.3 Å². The van der Waals surface area contributed by atoms with Gasteiger partial charge in [0, 0.05) is 12.1 Å². The lowest BCUT2D eigenvalue weighted by molar-refractivity contribution is 0.109. The van der Waals surface area contributed by atoms with Crippen molar-refractivity contribution in [1.29, 1.82) is 0 Å². The third kappa shape index (κ3) is 4.03. The zero-order valence-corrected chi connectivity index (χ0v) is 12.2. The van der Waals surface area contributed by atoms with Crippen molar-refractivity contribution in [3.05, 3.63) is 29.3 Å². The Labute approximate surface area is 115 Å². The summed E-state index contributed by atoms with van der Waals surface area (Å²) in [5.41, 5.74) is 1.67. The van der Waals surface area contributed by atoms with Crippen LogP contribution >= 0.6 is 12.6 Å². The lowest BCUT2D eigenvalue weighted by Gasteiger charge is -2.18. The zero-order chi connectivity index (χ0) is 13.5. The fourth-order valence-electron chi connectivity index (χ4n) is 1.93. The molecule has 1 aromatic carbocycles. The summed E-state index contributed by atoms with van der Waals surface area (Å²) in [6.07, 6.45) is 0.834. The molecule has 100 valence electrons. The van der Waals surface area contributed by atoms with E-state index in [9.17, 15) is 4.79 Å². The Hall–Kier alpha value is -1.000. The van der Waals surface area contributed by atoms with Crippen molar-refractivity contribution in [2.75, 3.05) is 26.7 Å². The number of nitrogens with zero attached hydrogens (tertiary/aromatic N) is 1. The number of likely N-dealkylation sites (N-methyl/N-ethyl adjacent to an activating group) is 1. The maximum atomic E-state index is 11.5. The summed E-state index contributed by atoms with van der Waals surface area (Å²) in [5.74, 6) is 0.780. The molecule has 0 aromatic heterocycles. The van der Waals surface area contributed by atoms with E-state index in [1.807, 2.05) is 6.07 Å². The Kier molecular flexibility index (Phi) is 6.22. The molecule has 1 rings (SSSR count). The van der Waals surface area contributed by atoms with Gasteiger partial charge in [0.15, 0.2) is 0 Å². The van der Waals surface area contributed by atoms with E-state index in [0.717, 1.165) is 37.4 Å². The molecule has 0 aliphatic carbocycles. The molecule has 18 heavy (non-hydrogen) atoms. The van der Waals surface area contributed by atoms with Crippen molar-refractivity contribution in [3.63, 3.8) is 0 Å². The second-order valence-corrected chi connectivity index (χ2v) is 4.51. The summed E-state index contributed by atoms with van der Waals surface area (Å²) in [5, 5.41) is -0.188. The molecule has 0 heterocycles. The SMILES string of the molecule is CCN(CC)CCc1cc(OC)ccc1C(=O)S. The first-order valence-electron chi connectivity index (χ1n) is 6.24. The molecule has 0 spiro atoms. The minimum absolute atomic E-state index is 0.188. The molecule has 0 N–H and O–H groups in total. The average Bonchev–Trinajstić information content (AvgIpc) is 2.39. The van der Waals surface area contributed by atoms with Gasteiger partial charge in [-0.2, -0.15) is 0 Å². The average molecular weight is 267 g/mol. The second-order valence-electron chi connectivity index (χ2n) is 4.11. The van der Waals surface area contributed by atoms with Crippen LogP contribution in [0, 0.1) is 0 Å². The Morgan fingerprint density at radius 2 is 2.00 bits per heavy atom. The smallest absolute Gasteiger partial charge is 0.216 e. The molecule has 0 amide bonds. The van der Waals surface area contributed by atoms with Gasteiger partial charge in [-0.15, -0.1) is 12.6 Å². The van der Waals surface area contributed by atoms with Crippen LogP contribution in [0.3, 0.4) is 0 Å². The third-order valence-corrected chi connectivity index (χ3v) is 3.38. The van der Waals surface area contributed by atoms with Crippen LogP contribution in [0.5, 0.6) is 5.75 Å².